The van der Waals surface area contributed by atoms with Gasteiger partial charge in [0, 0.05) is 18.8 Å². The Labute approximate surface area is 269 Å². The third-order valence-electron chi connectivity index (χ3n) is 8.12. The lowest BCUT2D eigenvalue weighted by Gasteiger charge is -2.22. The Balaban J connectivity index is 1.35. The Hall–Kier alpha value is -4.67. The van der Waals surface area contributed by atoms with Crippen LogP contribution in [0.1, 0.15) is 63.4 Å². The van der Waals surface area contributed by atoms with Gasteiger partial charge in [-0.25, -0.2) is 0 Å². The molecule has 46 heavy (non-hydrogen) atoms. The van der Waals surface area contributed by atoms with E-state index in [1.807, 2.05) is 78.9 Å². The number of hydrogen-bond donors (Lipinski definition) is 4. The van der Waals surface area contributed by atoms with Crippen LogP contribution in [0, 0.1) is 5.92 Å². The second kappa shape index (κ2) is 16.1. The highest BCUT2D eigenvalue weighted by Gasteiger charge is 2.30. The van der Waals surface area contributed by atoms with Gasteiger partial charge in [-0.1, -0.05) is 54.6 Å². The minimum Gasteiger partial charge on any atom is -0.494 e. The smallest absolute Gasteiger partial charge is 0.475 e. The Kier molecular flexibility index (Phi) is 11.4. The van der Waals surface area contributed by atoms with Crippen LogP contribution >= 0.6 is 0 Å². The summed E-state index contributed by atoms with van der Waals surface area (Å²) in [5, 5.41) is 22.9. The van der Waals surface area contributed by atoms with E-state index in [4.69, 9.17) is 9.47 Å². The van der Waals surface area contributed by atoms with Gasteiger partial charge in [-0.15, -0.1) is 0 Å². The number of ether oxygens (including phenoxy) is 2. The molecule has 0 unspecified atom stereocenters. The summed E-state index contributed by atoms with van der Waals surface area (Å²) in [7, 11) is -1.80. The largest absolute Gasteiger partial charge is 0.494 e. The second-order valence-corrected chi connectivity index (χ2v) is 11.6. The quantitative estimate of drug-likeness (QED) is 0.240. The first-order chi connectivity index (χ1) is 22.3. The average Bonchev–Trinajstić information content (AvgIpc) is 3.57. The van der Waals surface area contributed by atoms with Gasteiger partial charge in [0.25, 0.3) is 0 Å². The first-order valence-corrected chi connectivity index (χ1v) is 15.7. The topological polar surface area (TPSA) is 138 Å². The zero-order chi connectivity index (χ0) is 32.3. The molecule has 10 heteroatoms. The molecule has 9 nitrogen and oxygen atoms in total. The zero-order valence-corrected chi connectivity index (χ0v) is 25.7. The zero-order valence-electron chi connectivity index (χ0n) is 25.7. The average molecular weight is 623 g/mol. The van der Waals surface area contributed by atoms with Crippen LogP contribution in [0.15, 0.2) is 91.0 Å². The highest BCUT2D eigenvalue weighted by molar-refractivity contribution is 6.43. The van der Waals surface area contributed by atoms with Gasteiger partial charge in [0.15, 0.2) is 11.6 Å². The van der Waals surface area contributed by atoms with Gasteiger partial charge in [0.2, 0.25) is 5.91 Å². The van der Waals surface area contributed by atoms with Crippen LogP contribution in [0.2, 0.25) is 0 Å². The van der Waals surface area contributed by atoms with Gasteiger partial charge in [0.05, 0.1) is 30.5 Å². The highest BCUT2D eigenvalue weighted by atomic mass is 16.5. The lowest BCUT2D eigenvalue weighted by Crippen LogP contribution is -2.50. The van der Waals surface area contributed by atoms with E-state index in [1.54, 1.807) is 12.1 Å². The lowest BCUT2D eigenvalue weighted by molar-refractivity contribution is -0.125. The predicted molar refractivity (Wildman–Crippen MR) is 175 cm³/mol. The minimum atomic E-state index is -1.80. The summed E-state index contributed by atoms with van der Waals surface area (Å²) in [6, 6.07) is 27.5. The van der Waals surface area contributed by atoms with Gasteiger partial charge >= 0.3 is 7.12 Å². The number of amides is 1. The number of aromatic nitrogens is 1. The molecule has 238 valence electrons. The first kappa shape index (κ1) is 32.7. The van der Waals surface area contributed by atoms with Crippen LogP contribution in [-0.4, -0.2) is 58.8 Å². The fraction of sp³-hybridized carbons (Fsp3) is 0.306. The van der Waals surface area contributed by atoms with Crippen LogP contribution in [0.25, 0.3) is 0 Å². The van der Waals surface area contributed by atoms with Crippen molar-refractivity contribution in [3.8, 4) is 11.5 Å². The molecule has 1 amide bonds. The molecule has 4 aromatic rings. The third-order valence-corrected chi connectivity index (χ3v) is 8.12. The van der Waals surface area contributed by atoms with Crippen molar-refractivity contribution in [2.24, 2.45) is 5.92 Å². The van der Waals surface area contributed by atoms with Gasteiger partial charge in [-0.2, -0.15) is 0 Å². The van der Waals surface area contributed by atoms with Crippen molar-refractivity contribution < 1.29 is 33.9 Å². The Morgan fingerprint density at radius 2 is 1.35 bits per heavy atom. The Morgan fingerprint density at radius 1 is 0.761 bits per heavy atom. The summed E-state index contributed by atoms with van der Waals surface area (Å²) in [6.07, 6.45) is 2.74. The van der Waals surface area contributed by atoms with Crippen molar-refractivity contribution in [2.45, 2.75) is 50.9 Å². The van der Waals surface area contributed by atoms with Crippen molar-refractivity contribution in [2.75, 3.05) is 13.2 Å². The number of hydrogen-bond acceptors (Lipinski definition) is 7. The number of H-pyrrole nitrogens is 1. The van der Waals surface area contributed by atoms with Crippen LogP contribution < -0.4 is 14.8 Å². The van der Waals surface area contributed by atoms with Crippen LogP contribution in [0.5, 0.6) is 11.5 Å². The molecule has 0 aliphatic carbocycles. The molecule has 8 rings (SSSR count). The summed E-state index contributed by atoms with van der Waals surface area (Å²) in [6.45, 7) is 1.09. The number of carbonyl (C=O) groups excluding carboxylic acids is 3. The maximum atomic E-state index is 13.6. The van der Waals surface area contributed by atoms with Crippen molar-refractivity contribution in [1.82, 2.24) is 10.3 Å². The Morgan fingerprint density at radius 3 is 1.96 bits per heavy atom. The number of nitrogens with one attached hydrogen (secondary N) is 2. The standard InChI is InChI=1S/C36H39BN2O7/c40-33-19-12-25-8-13-29(14-9-25)45-20-4-5-21-46-30-15-10-27(11-16-30)22-28(24-34(41)32-18-17-31(33)38-32)36(42)39-35(37(43)44)23-26-6-2-1-3-7-26/h1-3,6-11,13-18,28,35,38,43-44H,4-5,12,19-24H2,(H,39,42)/t28-,35+/m1/s1. The molecule has 3 aromatic carbocycles. The molecule has 0 spiro atoms. The van der Waals surface area contributed by atoms with Gasteiger partial charge in [0.1, 0.15) is 11.5 Å². The summed E-state index contributed by atoms with van der Waals surface area (Å²) in [5.74, 6) is -1.23. The number of ketones is 2. The van der Waals surface area contributed by atoms with Crippen molar-refractivity contribution in [3.63, 3.8) is 0 Å². The molecule has 4 aliphatic heterocycles. The van der Waals surface area contributed by atoms with E-state index in [2.05, 4.69) is 10.3 Å². The molecule has 0 fully saturated rings. The molecule has 4 N–H and O–H groups in total. The maximum absolute atomic E-state index is 13.6. The lowest BCUT2D eigenvalue weighted by atomic mass is 9.75. The van der Waals surface area contributed by atoms with Gasteiger partial charge in [-0.3, -0.25) is 14.4 Å². The highest BCUT2D eigenvalue weighted by Crippen LogP contribution is 2.21. The monoisotopic (exact) mass is 622 g/mol. The first-order valence-electron chi connectivity index (χ1n) is 15.7. The number of benzene rings is 3. The third kappa shape index (κ3) is 9.42. The molecule has 0 saturated carbocycles. The fourth-order valence-electron chi connectivity index (χ4n) is 5.45. The number of Topliss-reactive ketones (excluding diaryl/α,β-unsaturated/α-hetero) is 2. The Bertz CT molecular complexity index is 1590. The second-order valence-electron chi connectivity index (χ2n) is 11.6. The van der Waals surface area contributed by atoms with E-state index in [0.29, 0.717) is 31.1 Å². The van der Waals surface area contributed by atoms with Crippen LogP contribution in [-0.2, 0) is 24.1 Å². The number of aromatic amines is 1. The van der Waals surface area contributed by atoms with Crippen molar-refractivity contribution in [3.05, 3.63) is 119 Å². The molecule has 4 aliphatic rings. The summed E-state index contributed by atoms with van der Waals surface area (Å²) in [4.78, 5) is 43.0. The summed E-state index contributed by atoms with van der Waals surface area (Å²) >= 11 is 0. The van der Waals surface area contributed by atoms with Crippen LogP contribution in [0.3, 0.4) is 0 Å². The van der Waals surface area contributed by atoms with Gasteiger partial charge < -0.3 is 29.8 Å². The molecule has 1 aromatic heterocycles. The summed E-state index contributed by atoms with van der Waals surface area (Å²) < 4.78 is 11.7. The molecule has 2 atom stereocenters. The van der Waals surface area contributed by atoms with Crippen LogP contribution in [0.4, 0.5) is 0 Å². The molecular formula is C36H39BN2O7. The predicted octanol–water partition coefficient (Wildman–Crippen LogP) is 4.55. The molecule has 6 bridgehead atoms. The van der Waals surface area contributed by atoms with Crippen molar-refractivity contribution >= 4 is 24.6 Å². The van der Waals surface area contributed by atoms with E-state index in [-0.39, 0.29) is 42.9 Å². The number of aryl methyl sites for hydroxylation is 1. The van der Waals surface area contributed by atoms with Crippen molar-refractivity contribution in [1.29, 1.82) is 0 Å². The summed E-state index contributed by atoms with van der Waals surface area (Å²) in [5.41, 5.74) is 3.23. The van der Waals surface area contributed by atoms with E-state index in [0.717, 1.165) is 35.3 Å². The molecule has 5 heterocycles. The van der Waals surface area contributed by atoms with Gasteiger partial charge in [-0.05, 0) is 85.2 Å². The number of rotatable bonds is 5. The van der Waals surface area contributed by atoms with E-state index in [9.17, 15) is 24.4 Å². The fourth-order valence-corrected chi connectivity index (χ4v) is 5.45. The number of carbonyl (C=O) groups is 3. The van der Waals surface area contributed by atoms with E-state index < -0.39 is 24.9 Å². The van der Waals surface area contributed by atoms with E-state index >= 15 is 0 Å². The molecule has 0 saturated heterocycles. The normalized spacial score (nSPS) is 17.0. The molecular weight excluding hydrogens is 583 g/mol. The maximum Gasteiger partial charge on any atom is 0.475 e. The minimum absolute atomic E-state index is 0.119. The molecule has 0 radical (unpaired) electrons. The SMILES string of the molecule is O=C1CCc2ccc(cc2)OCCCCOc2ccc(cc2)C[C@@H](C(=O)N[C@@H](Cc2ccccc2)B(O)O)CC(=O)c2ccc1[nH]2. The van der Waals surface area contributed by atoms with E-state index in [1.165, 1.54) is 0 Å².